The second kappa shape index (κ2) is 4.45. The lowest BCUT2D eigenvalue weighted by Gasteiger charge is -2.06. The van der Waals surface area contributed by atoms with Gasteiger partial charge >= 0.3 is 0 Å². The first-order valence-electron chi connectivity index (χ1n) is 3.83. The van der Waals surface area contributed by atoms with Crippen LogP contribution in [0.1, 0.15) is 11.1 Å². The molecule has 0 spiro atoms. The van der Waals surface area contributed by atoms with Crippen LogP contribution in [0.5, 0.6) is 0 Å². The Bertz CT molecular complexity index is 426. The molecule has 0 radical (unpaired) electrons. The highest BCUT2D eigenvalue weighted by atomic mass is 35.5. The van der Waals surface area contributed by atoms with Crippen molar-refractivity contribution in [2.45, 2.75) is 5.75 Å². The molecule has 0 saturated carbocycles. The van der Waals surface area contributed by atoms with Crippen molar-refractivity contribution in [3.8, 4) is 6.07 Å². The Kier molecular flexibility index (Phi) is 3.50. The lowest BCUT2D eigenvalue weighted by Crippen LogP contribution is -2.00. The predicted octanol–water partition coefficient (Wildman–Crippen LogP) is 1.67. The monoisotopic (exact) mass is 228 g/mol. The highest BCUT2D eigenvalue weighted by Gasteiger charge is 2.10. The van der Waals surface area contributed by atoms with Crippen LogP contribution in [0.15, 0.2) is 12.1 Å². The Morgan fingerprint density at radius 1 is 1.64 bits per heavy atom. The fourth-order valence-electron chi connectivity index (χ4n) is 1.11. The molecule has 0 aromatic heterocycles. The van der Waals surface area contributed by atoms with E-state index in [1.54, 1.807) is 18.4 Å². The predicted molar refractivity (Wildman–Crippen MR) is 58.3 cm³/mol. The number of nitrogens with zero attached hydrogens (tertiary/aromatic N) is 1. The van der Waals surface area contributed by atoms with Gasteiger partial charge in [0.15, 0.2) is 0 Å². The summed E-state index contributed by atoms with van der Waals surface area (Å²) in [7, 11) is -0.993. The van der Waals surface area contributed by atoms with E-state index < -0.39 is 10.8 Å². The molecule has 1 aromatic carbocycles. The second-order valence-electron chi connectivity index (χ2n) is 2.82. The summed E-state index contributed by atoms with van der Waals surface area (Å²) in [5.74, 6) is 0.324. The number of nitriles is 1. The molecule has 2 N–H and O–H groups in total. The molecule has 0 aliphatic rings. The van der Waals surface area contributed by atoms with Crippen LogP contribution in [-0.4, -0.2) is 10.5 Å². The average molecular weight is 229 g/mol. The molecule has 0 fully saturated rings. The minimum Gasteiger partial charge on any atom is -0.396 e. The van der Waals surface area contributed by atoms with E-state index in [0.717, 1.165) is 0 Å². The quantitative estimate of drug-likeness (QED) is 0.783. The summed E-state index contributed by atoms with van der Waals surface area (Å²) in [6.45, 7) is 0. The van der Waals surface area contributed by atoms with Crippen molar-refractivity contribution < 1.29 is 4.21 Å². The summed E-state index contributed by atoms with van der Waals surface area (Å²) >= 11 is 5.75. The first-order chi connectivity index (χ1) is 6.56. The van der Waals surface area contributed by atoms with Crippen LogP contribution in [-0.2, 0) is 16.6 Å². The van der Waals surface area contributed by atoms with E-state index in [-0.39, 0.29) is 5.69 Å². The molecule has 1 rings (SSSR count). The Hall–Kier alpha value is -1.05. The van der Waals surface area contributed by atoms with Crippen LogP contribution in [0.3, 0.4) is 0 Å². The van der Waals surface area contributed by atoms with Crippen molar-refractivity contribution in [1.29, 1.82) is 5.26 Å². The normalized spacial score (nSPS) is 12.1. The molecule has 0 heterocycles. The van der Waals surface area contributed by atoms with Crippen molar-refractivity contribution in [2.75, 3.05) is 12.0 Å². The molecule has 1 aromatic rings. The van der Waals surface area contributed by atoms with Crippen LogP contribution >= 0.6 is 11.6 Å². The maximum Gasteiger partial charge on any atom is 0.102 e. The van der Waals surface area contributed by atoms with Gasteiger partial charge in [0, 0.05) is 22.8 Å². The first-order valence-corrected chi connectivity index (χ1v) is 5.93. The lowest BCUT2D eigenvalue weighted by atomic mass is 10.1. The Labute approximate surface area is 89.9 Å². The molecule has 1 unspecified atom stereocenters. The third kappa shape index (κ3) is 2.25. The molecular formula is C9H9ClN2OS. The highest BCUT2D eigenvalue weighted by molar-refractivity contribution is 7.83. The third-order valence-corrected chi connectivity index (χ3v) is 2.80. The summed E-state index contributed by atoms with van der Waals surface area (Å²) in [6, 6.07) is 5.26. The summed E-state index contributed by atoms with van der Waals surface area (Å²) in [6.07, 6.45) is 1.58. The van der Waals surface area contributed by atoms with E-state index in [1.165, 1.54) is 0 Å². The molecular weight excluding hydrogens is 220 g/mol. The minimum absolute atomic E-state index is 0.261. The lowest BCUT2D eigenvalue weighted by molar-refractivity contribution is 0.686. The zero-order valence-corrected chi connectivity index (χ0v) is 9.15. The molecule has 1 atom stereocenters. The largest absolute Gasteiger partial charge is 0.396 e. The SMILES string of the molecule is CS(=O)Cc1ccc(Cl)c(N)c1C#N. The fourth-order valence-corrected chi connectivity index (χ4v) is 1.95. The number of nitrogens with two attached hydrogens (primary N) is 1. The summed E-state index contributed by atoms with van der Waals surface area (Å²) in [5.41, 5.74) is 6.88. The summed E-state index contributed by atoms with van der Waals surface area (Å²) < 4.78 is 11.0. The number of hydrogen-bond donors (Lipinski definition) is 1. The van der Waals surface area contributed by atoms with Crippen molar-refractivity contribution in [2.24, 2.45) is 0 Å². The Morgan fingerprint density at radius 3 is 2.79 bits per heavy atom. The Morgan fingerprint density at radius 2 is 2.29 bits per heavy atom. The first kappa shape index (κ1) is 11.0. The topological polar surface area (TPSA) is 66.9 Å². The van der Waals surface area contributed by atoms with Crippen LogP contribution in [0.2, 0.25) is 5.02 Å². The number of anilines is 1. The van der Waals surface area contributed by atoms with E-state index in [0.29, 0.717) is 21.9 Å². The minimum atomic E-state index is -0.993. The molecule has 0 aliphatic carbocycles. The zero-order chi connectivity index (χ0) is 10.7. The number of hydrogen-bond acceptors (Lipinski definition) is 3. The van der Waals surface area contributed by atoms with Gasteiger partial charge in [-0.3, -0.25) is 4.21 Å². The van der Waals surface area contributed by atoms with Gasteiger partial charge in [0.1, 0.15) is 6.07 Å². The summed E-state index contributed by atoms with van der Waals surface area (Å²) in [5, 5.41) is 9.20. The van der Waals surface area contributed by atoms with Crippen LogP contribution < -0.4 is 5.73 Å². The molecule has 0 aliphatic heterocycles. The zero-order valence-electron chi connectivity index (χ0n) is 7.58. The van der Waals surface area contributed by atoms with E-state index in [9.17, 15) is 4.21 Å². The fraction of sp³-hybridized carbons (Fsp3) is 0.222. The number of halogens is 1. The molecule has 0 bridgehead atoms. The maximum atomic E-state index is 11.0. The van der Waals surface area contributed by atoms with Gasteiger partial charge in [-0.2, -0.15) is 5.26 Å². The van der Waals surface area contributed by atoms with E-state index >= 15 is 0 Å². The van der Waals surface area contributed by atoms with E-state index in [2.05, 4.69) is 0 Å². The van der Waals surface area contributed by atoms with Crippen molar-refractivity contribution in [3.05, 3.63) is 28.3 Å². The van der Waals surface area contributed by atoms with Gasteiger partial charge in [-0.1, -0.05) is 17.7 Å². The maximum absolute atomic E-state index is 11.0. The highest BCUT2D eigenvalue weighted by Crippen LogP contribution is 2.25. The van der Waals surface area contributed by atoms with Gasteiger partial charge in [-0.05, 0) is 11.6 Å². The van der Waals surface area contributed by atoms with Crippen LogP contribution in [0, 0.1) is 11.3 Å². The van der Waals surface area contributed by atoms with Gasteiger partial charge in [0.2, 0.25) is 0 Å². The molecule has 14 heavy (non-hydrogen) atoms. The van der Waals surface area contributed by atoms with Gasteiger partial charge in [0.25, 0.3) is 0 Å². The summed E-state index contributed by atoms with van der Waals surface area (Å²) in [4.78, 5) is 0. The number of nitrogen functional groups attached to an aromatic ring is 1. The Balaban J connectivity index is 3.26. The molecule has 3 nitrogen and oxygen atoms in total. The van der Waals surface area contributed by atoms with Gasteiger partial charge < -0.3 is 5.73 Å². The third-order valence-electron chi connectivity index (χ3n) is 1.75. The van der Waals surface area contributed by atoms with Gasteiger partial charge in [-0.25, -0.2) is 0 Å². The molecule has 0 amide bonds. The second-order valence-corrected chi connectivity index (χ2v) is 4.67. The van der Waals surface area contributed by atoms with Crippen molar-refractivity contribution in [1.82, 2.24) is 0 Å². The van der Waals surface area contributed by atoms with Crippen LogP contribution in [0.25, 0.3) is 0 Å². The number of rotatable bonds is 2. The van der Waals surface area contributed by atoms with Crippen molar-refractivity contribution >= 4 is 28.1 Å². The van der Waals surface area contributed by atoms with E-state index in [1.807, 2.05) is 6.07 Å². The molecule has 0 saturated heterocycles. The van der Waals surface area contributed by atoms with Gasteiger partial charge in [0.05, 0.1) is 16.3 Å². The van der Waals surface area contributed by atoms with Gasteiger partial charge in [-0.15, -0.1) is 0 Å². The number of benzene rings is 1. The van der Waals surface area contributed by atoms with Crippen LogP contribution in [0.4, 0.5) is 5.69 Å². The molecule has 5 heteroatoms. The van der Waals surface area contributed by atoms with Crippen molar-refractivity contribution in [3.63, 3.8) is 0 Å². The average Bonchev–Trinajstić information content (AvgIpc) is 2.11. The van der Waals surface area contributed by atoms with E-state index in [4.69, 9.17) is 22.6 Å². The molecule has 74 valence electrons. The smallest absolute Gasteiger partial charge is 0.102 e. The standard InChI is InChI=1S/C9H9ClN2OS/c1-14(13)5-6-2-3-8(10)9(12)7(6)4-11/h2-3H,5,12H2,1H3.